The van der Waals surface area contributed by atoms with Gasteiger partial charge >= 0.3 is 0 Å². The molecule has 0 amide bonds. The van der Waals surface area contributed by atoms with Crippen molar-refractivity contribution in [3.05, 3.63) is 67.2 Å². The quantitative estimate of drug-likeness (QED) is 0.547. The van der Waals surface area contributed by atoms with E-state index < -0.39 is 0 Å². The summed E-state index contributed by atoms with van der Waals surface area (Å²) in [6, 6.07) is 17.7. The number of halogens is 2. The summed E-state index contributed by atoms with van der Waals surface area (Å²) >= 11 is 8.92. The minimum Gasteiger partial charge on any atom is -0.312 e. The van der Waals surface area contributed by atoms with Crippen LogP contribution in [0, 0.1) is 0 Å². The van der Waals surface area contributed by atoms with Crippen LogP contribution in [0.5, 0.6) is 0 Å². The third-order valence-electron chi connectivity index (χ3n) is 3.61. The zero-order valence-corrected chi connectivity index (χ0v) is 15.6. The molecule has 0 aliphatic carbocycles. The van der Waals surface area contributed by atoms with Gasteiger partial charge in [0.05, 0.1) is 3.79 Å². The van der Waals surface area contributed by atoms with Crippen molar-refractivity contribution in [1.82, 2.24) is 5.32 Å². The molecule has 0 aliphatic heterocycles. The first kappa shape index (κ1) is 15.2. The molecule has 1 atom stereocenters. The van der Waals surface area contributed by atoms with Crippen molar-refractivity contribution in [3.63, 3.8) is 0 Å². The molecule has 1 unspecified atom stereocenters. The van der Waals surface area contributed by atoms with E-state index in [1.54, 1.807) is 11.3 Å². The first-order valence-electron chi connectivity index (χ1n) is 6.77. The molecule has 0 spiro atoms. The molecule has 0 saturated heterocycles. The summed E-state index contributed by atoms with van der Waals surface area (Å²) in [5, 5.41) is 6.02. The normalized spacial score (nSPS) is 12.7. The van der Waals surface area contributed by atoms with E-state index in [1.165, 1.54) is 21.2 Å². The highest BCUT2D eigenvalue weighted by molar-refractivity contribution is 9.13. The zero-order valence-electron chi connectivity index (χ0n) is 11.6. The lowest BCUT2D eigenvalue weighted by Gasteiger charge is -2.15. The standard InChI is InChI=1S/C17H15Br2NS/c1-20-15(16-10-14(18)17(19)21-16)9-11-6-7-12-4-2-3-5-13(12)8-11/h2-8,10,15,20H,9H2,1H3. The molecular formula is C17H15Br2NS. The van der Waals surface area contributed by atoms with Gasteiger partial charge in [-0.15, -0.1) is 11.3 Å². The Kier molecular flexibility index (Phi) is 4.79. The average molecular weight is 425 g/mol. The average Bonchev–Trinajstić information content (AvgIpc) is 2.84. The molecule has 1 nitrogen and oxygen atoms in total. The van der Waals surface area contributed by atoms with Gasteiger partial charge in [-0.2, -0.15) is 0 Å². The van der Waals surface area contributed by atoms with Crippen LogP contribution in [0.2, 0.25) is 0 Å². The molecule has 4 heteroatoms. The van der Waals surface area contributed by atoms with Gasteiger partial charge in [0.1, 0.15) is 0 Å². The second-order valence-electron chi connectivity index (χ2n) is 5.00. The Morgan fingerprint density at radius 1 is 1.05 bits per heavy atom. The van der Waals surface area contributed by atoms with Crippen LogP contribution in [0.15, 0.2) is 56.8 Å². The maximum absolute atomic E-state index is 3.58. The van der Waals surface area contributed by atoms with E-state index in [1.807, 2.05) is 7.05 Å². The van der Waals surface area contributed by atoms with Gasteiger partial charge in [-0.25, -0.2) is 0 Å². The smallest absolute Gasteiger partial charge is 0.0843 e. The molecule has 0 radical (unpaired) electrons. The van der Waals surface area contributed by atoms with Gasteiger partial charge in [-0.05, 0) is 67.7 Å². The molecule has 3 aromatic rings. The number of benzene rings is 2. The van der Waals surface area contributed by atoms with Gasteiger partial charge in [0.15, 0.2) is 0 Å². The fourth-order valence-electron chi connectivity index (χ4n) is 2.48. The molecule has 3 rings (SSSR count). The summed E-state index contributed by atoms with van der Waals surface area (Å²) < 4.78 is 2.28. The zero-order chi connectivity index (χ0) is 14.8. The highest BCUT2D eigenvalue weighted by Crippen LogP contribution is 2.36. The topological polar surface area (TPSA) is 12.0 Å². The van der Waals surface area contributed by atoms with Crippen LogP contribution in [0.1, 0.15) is 16.5 Å². The summed E-state index contributed by atoms with van der Waals surface area (Å²) in [7, 11) is 2.02. The summed E-state index contributed by atoms with van der Waals surface area (Å²) in [4.78, 5) is 1.34. The fraction of sp³-hybridized carbons (Fsp3) is 0.176. The number of hydrogen-bond donors (Lipinski definition) is 1. The molecular weight excluding hydrogens is 410 g/mol. The van der Waals surface area contributed by atoms with E-state index in [4.69, 9.17) is 0 Å². The summed E-state index contributed by atoms with van der Waals surface area (Å²) in [5.41, 5.74) is 1.36. The maximum Gasteiger partial charge on any atom is 0.0843 e. The SMILES string of the molecule is CNC(Cc1ccc2ccccc2c1)c1cc(Br)c(Br)s1. The second-order valence-corrected chi connectivity index (χ2v) is 8.25. The minimum absolute atomic E-state index is 0.332. The molecule has 0 aliphatic rings. The van der Waals surface area contributed by atoms with Crippen LogP contribution < -0.4 is 5.32 Å². The van der Waals surface area contributed by atoms with Crippen LogP contribution in [-0.4, -0.2) is 7.05 Å². The summed E-state index contributed by atoms with van der Waals surface area (Å²) in [5.74, 6) is 0. The van der Waals surface area contributed by atoms with Gasteiger partial charge in [0.2, 0.25) is 0 Å². The number of fused-ring (bicyclic) bond motifs is 1. The molecule has 108 valence electrons. The van der Waals surface area contributed by atoms with Gasteiger partial charge in [0, 0.05) is 15.4 Å². The Labute approximate surface area is 145 Å². The molecule has 0 fully saturated rings. The lowest BCUT2D eigenvalue weighted by Crippen LogP contribution is -2.17. The maximum atomic E-state index is 3.58. The molecule has 0 bridgehead atoms. The van der Waals surface area contributed by atoms with Crippen molar-refractivity contribution >= 4 is 54.0 Å². The van der Waals surface area contributed by atoms with Gasteiger partial charge in [-0.1, -0.05) is 42.5 Å². The van der Waals surface area contributed by atoms with E-state index in [2.05, 4.69) is 85.7 Å². The van der Waals surface area contributed by atoms with E-state index in [-0.39, 0.29) is 0 Å². The monoisotopic (exact) mass is 423 g/mol. The third kappa shape index (κ3) is 3.39. The van der Waals surface area contributed by atoms with Gasteiger partial charge in [-0.3, -0.25) is 0 Å². The first-order valence-corrected chi connectivity index (χ1v) is 9.17. The molecule has 1 N–H and O–H groups in total. The lowest BCUT2D eigenvalue weighted by molar-refractivity contribution is 0.602. The van der Waals surface area contributed by atoms with Crippen molar-refractivity contribution in [2.75, 3.05) is 7.05 Å². The van der Waals surface area contributed by atoms with E-state index in [0.717, 1.165) is 14.7 Å². The van der Waals surface area contributed by atoms with Crippen molar-refractivity contribution in [3.8, 4) is 0 Å². The van der Waals surface area contributed by atoms with Crippen molar-refractivity contribution < 1.29 is 0 Å². The van der Waals surface area contributed by atoms with Crippen LogP contribution >= 0.6 is 43.2 Å². The third-order valence-corrected chi connectivity index (χ3v) is 6.98. The number of thiophene rings is 1. The summed E-state index contributed by atoms with van der Waals surface area (Å²) in [6.07, 6.45) is 0.987. The molecule has 21 heavy (non-hydrogen) atoms. The highest BCUT2D eigenvalue weighted by atomic mass is 79.9. The van der Waals surface area contributed by atoms with E-state index in [9.17, 15) is 0 Å². The Morgan fingerprint density at radius 3 is 2.48 bits per heavy atom. The van der Waals surface area contributed by atoms with Gasteiger partial charge in [0.25, 0.3) is 0 Å². The molecule has 1 heterocycles. The van der Waals surface area contributed by atoms with Crippen LogP contribution in [0.25, 0.3) is 10.8 Å². The van der Waals surface area contributed by atoms with Crippen molar-refractivity contribution in [2.24, 2.45) is 0 Å². The minimum atomic E-state index is 0.332. The Balaban J connectivity index is 1.88. The van der Waals surface area contributed by atoms with Crippen LogP contribution in [0.3, 0.4) is 0 Å². The predicted octanol–water partition coefficient (Wildman–Crippen LogP) is 5.93. The predicted molar refractivity (Wildman–Crippen MR) is 99.2 cm³/mol. The Morgan fingerprint density at radius 2 is 1.81 bits per heavy atom. The Bertz CT molecular complexity index is 747. The van der Waals surface area contributed by atoms with Crippen molar-refractivity contribution in [1.29, 1.82) is 0 Å². The Hall–Kier alpha value is -0.680. The molecule has 0 saturated carbocycles. The fourth-order valence-corrected chi connectivity index (χ4v) is 4.68. The lowest BCUT2D eigenvalue weighted by atomic mass is 10.0. The number of nitrogens with one attached hydrogen (secondary N) is 1. The number of likely N-dealkylation sites (N-methyl/N-ethyl adjacent to an activating group) is 1. The van der Waals surface area contributed by atoms with E-state index >= 15 is 0 Å². The molecule has 2 aromatic carbocycles. The number of hydrogen-bond acceptors (Lipinski definition) is 2. The van der Waals surface area contributed by atoms with Gasteiger partial charge < -0.3 is 5.32 Å². The van der Waals surface area contributed by atoms with E-state index in [0.29, 0.717) is 6.04 Å². The first-order chi connectivity index (χ1) is 10.2. The second kappa shape index (κ2) is 6.61. The highest BCUT2D eigenvalue weighted by Gasteiger charge is 2.15. The largest absolute Gasteiger partial charge is 0.312 e. The van der Waals surface area contributed by atoms with Crippen molar-refractivity contribution in [2.45, 2.75) is 12.5 Å². The summed E-state index contributed by atoms with van der Waals surface area (Å²) in [6.45, 7) is 0. The van der Waals surface area contributed by atoms with Crippen LogP contribution in [0.4, 0.5) is 0 Å². The number of rotatable bonds is 4. The molecule has 1 aromatic heterocycles. The van der Waals surface area contributed by atoms with Crippen LogP contribution in [-0.2, 0) is 6.42 Å².